The Kier molecular flexibility index (Phi) is 5.50. The van der Waals surface area contributed by atoms with Gasteiger partial charge in [0.1, 0.15) is 0 Å². The van der Waals surface area contributed by atoms with Crippen molar-refractivity contribution in [3.8, 4) is 0 Å². The van der Waals surface area contributed by atoms with Gasteiger partial charge in [-0.1, -0.05) is 0 Å². The van der Waals surface area contributed by atoms with Crippen molar-refractivity contribution < 1.29 is 34.1 Å². The van der Waals surface area contributed by atoms with Gasteiger partial charge in [-0.05, 0) is 24.3 Å². The summed E-state index contributed by atoms with van der Waals surface area (Å²) in [7, 11) is 0. The number of hydrogen-bond donors (Lipinski definition) is 2. The van der Waals surface area contributed by atoms with Gasteiger partial charge < -0.3 is 29.5 Å². The van der Waals surface area contributed by atoms with Crippen molar-refractivity contribution in [2.75, 3.05) is 44.4 Å². The number of morpholine rings is 2. The number of carboxylic acid groups (broad SMARTS) is 1. The molecule has 2 saturated heterocycles. The second-order valence-corrected chi connectivity index (χ2v) is 6.02. The maximum absolute atomic E-state index is 12.4. The van der Waals surface area contributed by atoms with Crippen molar-refractivity contribution in [1.29, 1.82) is 0 Å². The van der Waals surface area contributed by atoms with Crippen molar-refractivity contribution >= 4 is 23.5 Å². The number of hydrogen-bond acceptors (Lipinski definition) is 6. The van der Waals surface area contributed by atoms with Crippen LogP contribution in [0.25, 0.3) is 0 Å². The Morgan fingerprint density at radius 1 is 1.08 bits per heavy atom. The zero-order chi connectivity index (χ0) is 18.7. The van der Waals surface area contributed by atoms with Crippen molar-refractivity contribution in [2.45, 2.75) is 12.2 Å². The highest BCUT2D eigenvalue weighted by molar-refractivity contribution is 6.01. The molecule has 140 valence electrons. The van der Waals surface area contributed by atoms with E-state index in [9.17, 15) is 19.5 Å². The first-order valence-corrected chi connectivity index (χ1v) is 8.30. The minimum Gasteiger partial charge on any atom is -0.479 e. The fourth-order valence-electron chi connectivity index (χ4n) is 2.95. The molecule has 2 aliphatic rings. The van der Waals surface area contributed by atoms with Crippen LogP contribution >= 0.6 is 0 Å². The van der Waals surface area contributed by atoms with Gasteiger partial charge in [0.25, 0.3) is 11.8 Å². The molecule has 0 radical (unpaired) electrons. The second-order valence-electron chi connectivity index (χ2n) is 6.02. The molecule has 2 aliphatic heterocycles. The average Bonchev–Trinajstić information content (AvgIpc) is 2.68. The maximum atomic E-state index is 12.4. The molecule has 9 nitrogen and oxygen atoms in total. The molecule has 2 heterocycles. The van der Waals surface area contributed by atoms with Crippen molar-refractivity contribution in [3.63, 3.8) is 0 Å². The average molecular weight is 364 g/mol. The second kappa shape index (κ2) is 7.81. The highest BCUT2D eigenvalue weighted by Gasteiger charge is 2.39. The van der Waals surface area contributed by atoms with E-state index in [-0.39, 0.29) is 19.1 Å². The molecule has 0 aromatic heterocycles. The van der Waals surface area contributed by atoms with E-state index in [4.69, 9.17) is 14.6 Å². The Balaban J connectivity index is 1.72. The lowest BCUT2D eigenvalue weighted by molar-refractivity contribution is -0.163. The van der Waals surface area contributed by atoms with E-state index in [1.165, 1.54) is 4.90 Å². The third kappa shape index (κ3) is 3.69. The number of anilines is 1. The largest absolute Gasteiger partial charge is 0.479 e. The highest BCUT2D eigenvalue weighted by atomic mass is 16.5. The number of ether oxygens (including phenoxy) is 2. The zero-order valence-electron chi connectivity index (χ0n) is 14.0. The fraction of sp³-hybridized carbons (Fsp3) is 0.471. The SMILES string of the molecule is O=C(O)[C@H](O)[C@H]1OCCN(c2ccc(C(=O)N3CCOCC3)cc2)C1=O. The minimum atomic E-state index is -1.92. The van der Waals surface area contributed by atoms with E-state index in [0.29, 0.717) is 37.6 Å². The lowest BCUT2D eigenvalue weighted by Crippen LogP contribution is -2.54. The summed E-state index contributed by atoms with van der Waals surface area (Å²) in [6.45, 7) is 2.45. The van der Waals surface area contributed by atoms with Gasteiger partial charge in [0, 0.05) is 30.9 Å². The van der Waals surface area contributed by atoms with Crippen molar-refractivity contribution in [1.82, 2.24) is 4.90 Å². The van der Waals surface area contributed by atoms with Gasteiger partial charge in [0.15, 0.2) is 12.2 Å². The molecule has 26 heavy (non-hydrogen) atoms. The van der Waals surface area contributed by atoms with Crippen LogP contribution in [0.3, 0.4) is 0 Å². The summed E-state index contributed by atoms with van der Waals surface area (Å²) in [5.74, 6) is -2.25. The van der Waals surface area contributed by atoms with Crippen LogP contribution in [0.15, 0.2) is 24.3 Å². The fourth-order valence-corrected chi connectivity index (χ4v) is 2.95. The molecule has 9 heteroatoms. The van der Waals surface area contributed by atoms with Crippen LogP contribution < -0.4 is 4.90 Å². The maximum Gasteiger partial charge on any atom is 0.335 e. The predicted molar refractivity (Wildman–Crippen MR) is 88.9 cm³/mol. The lowest BCUT2D eigenvalue weighted by atomic mass is 10.1. The van der Waals surface area contributed by atoms with E-state index >= 15 is 0 Å². The third-order valence-corrected chi connectivity index (χ3v) is 4.39. The summed E-state index contributed by atoms with van der Waals surface area (Å²) in [6, 6.07) is 6.50. The van der Waals surface area contributed by atoms with Crippen LogP contribution in [-0.2, 0) is 19.1 Å². The summed E-state index contributed by atoms with van der Waals surface area (Å²) in [4.78, 5) is 38.8. The Bertz CT molecular complexity index is 685. The normalized spacial score (nSPS) is 22.2. The number of aliphatic carboxylic acids is 1. The molecule has 1 aromatic carbocycles. The first-order chi connectivity index (χ1) is 12.5. The lowest BCUT2D eigenvalue weighted by Gasteiger charge is -2.33. The van der Waals surface area contributed by atoms with Crippen molar-refractivity contribution in [3.05, 3.63) is 29.8 Å². The Morgan fingerprint density at radius 2 is 1.73 bits per heavy atom. The van der Waals surface area contributed by atoms with Gasteiger partial charge in [-0.25, -0.2) is 4.79 Å². The molecule has 0 saturated carbocycles. The number of benzene rings is 1. The Labute approximate surface area is 149 Å². The number of carboxylic acids is 1. The molecule has 0 spiro atoms. The smallest absolute Gasteiger partial charge is 0.335 e. The molecule has 2 fully saturated rings. The summed E-state index contributed by atoms with van der Waals surface area (Å²) in [5, 5.41) is 18.5. The van der Waals surface area contributed by atoms with Crippen LogP contribution in [0.4, 0.5) is 5.69 Å². The predicted octanol–water partition coefficient (Wildman–Crippen LogP) is -0.664. The summed E-state index contributed by atoms with van der Waals surface area (Å²) >= 11 is 0. The zero-order valence-corrected chi connectivity index (χ0v) is 14.0. The molecular formula is C17H20N2O7. The van der Waals surface area contributed by atoms with Crippen LogP contribution in [0, 0.1) is 0 Å². The van der Waals surface area contributed by atoms with Gasteiger partial charge in [-0.3, -0.25) is 9.59 Å². The number of amides is 2. The first kappa shape index (κ1) is 18.3. The molecule has 0 bridgehead atoms. The van der Waals surface area contributed by atoms with Crippen LogP contribution in [0.1, 0.15) is 10.4 Å². The van der Waals surface area contributed by atoms with E-state index in [2.05, 4.69) is 0 Å². The number of aliphatic hydroxyl groups is 1. The van der Waals surface area contributed by atoms with Gasteiger partial charge in [-0.2, -0.15) is 0 Å². The van der Waals surface area contributed by atoms with E-state index in [1.807, 2.05) is 0 Å². The molecule has 2 atom stereocenters. The van der Waals surface area contributed by atoms with Crippen LogP contribution in [0.5, 0.6) is 0 Å². The van der Waals surface area contributed by atoms with Gasteiger partial charge >= 0.3 is 5.97 Å². The number of nitrogens with zero attached hydrogens (tertiary/aromatic N) is 2. The summed E-state index contributed by atoms with van der Waals surface area (Å²) < 4.78 is 10.3. The summed E-state index contributed by atoms with van der Waals surface area (Å²) in [6.07, 6.45) is -3.37. The van der Waals surface area contributed by atoms with Crippen LogP contribution in [0.2, 0.25) is 0 Å². The summed E-state index contributed by atoms with van der Waals surface area (Å²) in [5.41, 5.74) is 1.01. The van der Waals surface area contributed by atoms with E-state index in [1.54, 1.807) is 29.2 Å². The van der Waals surface area contributed by atoms with E-state index in [0.717, 1.165) is 0 Å². The number of carbonyl (C=O) groups excluding carboxylic acids is 2. The van der Waals surface area contributed by atoms with Crippen molar-refractivity contribution in [2.24, 2.45) is 0 Å². The molecule has 3 rings (SSSR count). The highest BCUT2D eigenvalue weighted by Crippen LogP contribution is 2.21. The molecule has 0 aliphatic carbocycles. The van der Waals surface area contributed by atoms with Gasteiger partial charge in [0.05, 0.1) is 19.8 Å². The van der Waals surface area contributed by atoms with Crippen LogP contribution in [-0.4, -0.2) is 84.6 Å². The molecule has 0 unspecified atom stereocenters. The molecular weight excluding hydrogens is 344 g/mol. The topological polar surface area (TPSA) is 117 Å². The molecule has 1 aromatic rings. The standard InChI is InChI=1S/C17H20N2O7/c20-13(17(23)24)14-16(22)19(7-10-26-14)12-3-1-11(2-4-12)15(21)18-5-8-25-9-6-18/h1-4,13-14,20H,5-10H2,(H,23,24)/t13-,14-/m1/s1. The Hall–Kier alpha value is -2.49. The quantitative estimate of drug-likeness (QED) is 0.728. The molecule has 2 amide bonds. The Morgan fingerprint density at radius 3 is 2.35 bits per heavy atom. The number of carbonyl (C=O) groups is 3. The number of rotatable bonds is 4. The van der Waals surface area contributed by atoms with E-state index < -0.39 is 24.1 Å². The molecule has 2 N–H and O–H groups in total. The van der Waals surface area contributed by atoms with Gasteiger partial charge in [0.2, 0.25) is 0 Å². The number of aliphatic hydroxyl groups excluding tert-OH is 1. The minimum absolute atomic E-state index is 0.104. The first-order valence-electron chi connectivity index (χ1n) is 8.30. The third-order valence-electron chi connectivity index (χ3n) is 4.39. The van der Waals surface area contributed by atoms with Gasteiger partial charge in [-0.15, -0.1) is 0 Å². The monoisotopic (exact) mass is 364 g/mol.